The Morgan fingerprint density at radius 3 is 2.12 bits per heavy atom. The minimum absolute atomic E-state index is 0.0600. The number of nitrogens with zero attached hydrogens (tertiary/aromatic N) is 4. The summed E-state index contributed by atoms with van der Waals surface area (Å²) in [5.41, 5.74) is 2.28. The number of aliphatic hydroxyl groups is 1. The van der Waals surface area contributed by atoms with E-state index in [1.165, 1.54) is 0 Å². The van der Waals surface area contributed by atoms with E-state index >= 15 is 0 Å². The van der Waals surface area contributed by atoms with Gasteiger partial charge in [-0.3, -0.25) is 4.79 Å². The highest BCUT2D eigenvalue weighted by molar-refractivity contribution is 5.94. The number of hydrogen-bond donors (Lipinski definition) is 2. The third kappa shape index (κ3) is 6.77. The number of nitrogens with one attached hydrogen (secondary N) is 1. The molecule has 1 saturated heterocycles. The van der Waals surface area contributed by atoms with Gasteiger partial charge in [0.2, 0.25) is 0 Å². The quantitative estimate of drug-likeness (QED) is 0.392. The van der Waals surface area contributed by atoms with Gasteiger partial charge in [0.05, 0.1) is 5.56 Å². The van der Waals surface area contributed by atoms with Crippen LogP contribution in [0.1, 0.15) is 68.6 Å². The number of aliphatic hydroxyl groups excluding tert-OH is 1. The Kier molecular flexibility index (Phi) is 8.02. The van der Waals surface area contributed by atoms with Gasteiger partial charge in [-0.05, 0) is 58.6 Å². The molecule has 2 N–H and O–H groups in total. The summed E-state index contributed by atoms with van der Waals surface area (Å²) in [4.78, 5) is 38.7. The molecular weight excluding hydrogens is 506 g/mol. The average molecular weight is 544 g/mol. The first-order chi connectivity index (χ1) is 19.2. The van der Waals surface area contributed by atoms with Crippen LogP contribution in [-0.2, 0) is 4.74 Å². The summed E-state index contributed by atoms with van der Waals surface area (Å²) in [7, 11) is 0. The van der Waals surface area contributed by atoms with Gasteiger partial charge in [0, 0.05) is 54.4 Å². The fourth-order valence-corrected chi connectivity index (χ4v) is 4.96. The molecule has 0 radical (unpaired) electrons. The van der Waals surface area contributed by atoms with Gasteiger partial charge in [0.25, 0.3) is 5.91 Å². The summed E-state index contributed by atoms with van der Waals surface area (Å²) in [6.07, 6.45) is 5.47. The lowest BCUT2D eigenvalue weighted by Crippen LogP contribution is -2.50. The normalized spacial score (nSPS) is 16.8. The van der Waals surface area contributed by atoms with E-state index in [0.29, 0.717) is 24.5 Å². The van der Waals surface area contributed by atoms with Gasteiger partial charge in [0.15, 0.2) is 12.1 Å². The van der Waals surface area contributed by atoms with Gasteiger partial charge in [-0.25, -0.2) is 14.8 Å². The molecular formula is C31H37N5O4. The summed E-state index contributed by atoms with van der Waals surface area (Å²) in [6.45, 7) is 6.72. The zero-order chi connectivity index (χ0) is 28.3. The highest BCUT2D eigenvalue weighted by Crippen LogP contribution is 2.33. The van der Waals surface area contributed by atoms with Gasteiger partial charge < -0.3 is 25.0 Å². The molecule has 2 aliphatic rings. The smallest absolute Gasteiger partial charge is 0.410 e. The van der Waals surface area contributed by atoms with Crippen molar-refractivity contribution in [3.63, 3.8) is 0 Å². The lowest BCUT2D eigenvalue weighted by molar-refractivity contribution is 0.0142. The first-order valence-corrected chi connectivity index (χ1v) is 13.9. The Balaban J connectivity index is 1.21. The van der Waals surface area contributed by atoms with Crippen LogP contribution in [0.2, 0.25) is 0 Å². The van der Waals surface area contributed by atoms with Crippen LogP contribution in [-0.4, -0.2) is 67.6 Å². The Morgan fingerprint density at radius 2 is 1.55 bits per heavy atom. The first-order valence-electron chi connectivity index (χ1n) is 13.9. The van der Waals surface area contributed by atoms with E-state index < -0.39 is 11.8 Å². The molecule has 5 rings (SSSR count). The van der Waals surface area contributed by atoms with Crippen LogP contribution < -0.4 is 5.32 Å². The van der Waals surface area contributed by atoms with E-state index in [1.807, 2.05) is 80.3 Å². The van der Waals surface area contributed by atoms with Gasteiger partial charge in [0.1, 0.15) is 5.60 Å². The van der Waals surface area contributed by atoms with Gasteiger partial charge in [-0.2, -0.15) is 0 Å². The van der Waals surface area contributed by atoms with E-state index in [4.69, 9.17) is 4.74 Å². The molecule has 1 saturated carbocycles. The average Bonchev–Trinajstić information content (AvgIpc) is 3.78. The van der Waals surface area contributed by atoms with Crippen molar-refractivity contribution in [1.29, 1.82) is 0 Å². The summed E-state index contributed by atoms with van der Waals surface area (Å²) in [6, 6.07) is 17.2. The van der Waals surface area contributed by atoms with E-state index in [0.717, 1.165) is 42.5 Å². The maximum atomic E-state index is 13.6. The third-order valence-corrected chi connectivity index (χ3v) is 7.14. The van der Waals surface area contributed by atoms with Crippen LogP contribution in [0.3, 0.4) is 0 Å². The number of rotatable bonds is 7. The van der Waals surface area contributed by atoms with Crippen molar-refractivity contribution in [2.75, 3.05) is 18.4 Å². The number of carbonyl (C=O) groups is 2. The van der Waals surface area contributed by atoms with Gasteiger partial charge in [-0.1, -0.05) is 42.5 Å². The van der Waals surface area contributed by atoms with Crippen molar-refractivity contribution in [3.8, 4) is 11.4 Å². The molecule has 2 fully saturated rings. The Hall–Kier alpha value is -3.98. The summed E-state index contributed by atoms with van der Waals surface area (Å²) in [5, 5.41) is 13.6. The Bertz CT molecular complexity index is 1300. The molecule has 1 unspecified atom stereocenters. The lowest BCUT2D eigenvalue weighted by Gasteiger charge is -2.39. The van der Waals surface area contributed by atoms with Gasteiger partial charge in [-0.15, -0.1) is 0 Å². The number of carbonyl (C=O) groups excluding carboxylic acids is 2. The van der Waals surface area contributed by atoms with Gasteiger partial charge >= 0.3 is 6.09 Å². The van der Waals surface area contributed by atoms with E-state index in [1.54, 1.807) is 17.3 Å². The standard InChI is InChI=1S/C31H37N5O4/c1-31(2,3)40-30(39)35-17-15-26(16-18-35)36(25-13-14-25)29(38)23-19-32-27(33-20-23)21-9-11-22(12-10-21)28(37)34-24-7-5-4-6-8-24/h4-12,19-20,25-26,28,34,37H,13-18H2,1-3H3. The third-order valence-electron chi connectivity index (χ3n) is 7.14. The number of hydrogen-bond acceptors (Lipinski definition) is 7. The Morgan fingerprint density at radius 1 is 0.950 bits per heavy atom. The lowest BCUT2D eigenvalue weighted by atomic mass is 10.0. The topological polar surface area (TPSA) is 108 Å². The molecule has 2 heterocycles. The largest absolute Gasteiger partial charge is 0.444 e. The molecule has 210 valence electrons. The second-order valence-corrected chi connectivity index (χ2v) is 11.5. The highest BCUT2D eigenvalue weighted by Gasteiger charge is 2.40. The fourth-order valence-electron chi connectivity index (χ4n) is 4.96. The molecule has 9 nitrogen and oxygen atoms in total. The predicted molar refractivity (Wildman–Crippen MR) is 153 cm³/mol. The van der Waals surface area contributed by atoms with E-state index in [2.05, 4.69) is 15.3 Å². The number of amides is 2. The van der Waals surface area contributed by atoms with E-state index in [-0.39, 0.29) is 24.1 Å². The van der Waals surface area contributed by atoms with Crippen molar-refractivity contribution in [2.45, 2.75) is 70.4 Å². The Labute approximate surface area is 235 Å². The molecule has 40 heavy (non-hydrogen) atoms. The first kappa shape index (κ1) is 27.6. The predicted octanol–water partition coefficient (Wildman–Crippen LogP) is 5.25. The molecule has 0 bridgehead atoms. The van der Waals surface area contributed by atoms with Crippen molar-refractivity contribution in [1.82, 2.24) is 19.8 Å². The van der Waals surface area contributed by atoms with Crippen LogP contribution in [0.5, 0.6) is 0 Å². The fraction of sp³-hybridized carbons (Fsp3) is 0.419. The molecule has 1 aromatic heterocycles. The van der Waals surface area contributed by atoms with Crippen LogP contribution in [0.25, 0.3) is 11.4 Å². The molecule has 1 aliphatic heterocycles. The molecule has 1 atom stereocenters. The SMILES string of the molecule is CC(C)(C)OC(=O)N1CCC(N(C(=O)c2cnc(-c3ccc(C(O)Nc4ccccc4)cc3)nc2)C2CC2)CC1. The molecule has 2 amide bonds. The molecule has 1 aliphatic carbocycles. The van der Waals surface area contributed by atoms with Crippen molar-refractivity contribution in [2.24, 2.45) is 0 Å². The van der Waals surface area contributed by atoms with Crippen LogP contribution in [0.4, 0.5) is 10.5 Å². The minimum Gasteiger partial charge on any atom is -0.444 e. The summed E-state index contributed by atoms with van der Waals surface area (Å²) in [5.74, 6) is 0.451. The highest BCUT2D eigenvalue weighted by atomic mass is 16.6. The van der Waals surface area contributed by atoms with E-state index in [9.17, 15) is 14.7 Å². The summed E-state index contributed by atoms with van der Waals surface area (Å²) >= 11 is 0. The number of aromatic nitrogens is 2. The van der Waals surface area contributed by atoms with Crippen LogP contribution in [0, 0.1) is 0 Å². The maximum Gasteiger partial charge on any atom is 0.410 e. The van der Waals surface area contributed by atoms with Crippen molar-refractivity contribution in [3.05, 3.63) is 78.1 Å². The zero-order valence-electron chi connectivity index (χ0n) is 23.3. The molecule has 0 spiro atoms. The summed E-state index contributed by atoms with van der Waals surface area (Å²) < 4.78 is 5.51. The monoisotopic (exact) mass is 543 g/mol. The van der Waals surface area contributed by atoms with Crippen molar-refractivity contribution < 1.29 is 19.4 Å². The zero-order valence-corrected chi connectivity index (χ0v) is 23.3. The molecule has 3 aromatic rings. The number of para-hydroxylation sites is 1. The van der Waals surface area contributed by atoms with Crippen LogP contribution in [0.15, 0.2) is 67.0 Å². The number of anilines is 1. The maximum absolute atomic E-state index is 13.6. The second kappa shape index (κ2) is 11.6. The van der Waals surface area contributed by atoms with Crippen LogP contribution >= 0.6 is 0 Å². The number of piperidine rings is 1. The number of likely N-dealkylation sites (tertiary alicyclic amines) is 1. The van der Waals surface area contributed by atoms with Crippen molar-refractivity contribution >= 4 is 17.7 Å². The minimum atomic E-state index is -0.846. The molecule has 9 heteroatoms. The second-order valence-electron chi connectivity index (χ2n) is 11.5. The number of benzene rings is 2. The molecule has 2 aromatic carbocycles. The number of ether oxygens (including phenoxy) is 1.